The van der Waals surface area contributed by atoms with Crippen molar-refractivity contribution in [1.82, 2.24) is 19.6 Å². The van der Waals surface area contributed by atoms with E-state index < -0.39 is 10.8 Å². The molecule has 2 amide bonds. The minimum absolute atomic E-state index is 0.00393. The molecule has 0 N–H and O–H groups in total. The van der Waals surface area contributed by atoms with Gasteiger partial charge < -0.3 is 19.6 Å². The van der Waals surface area contributed by atoms with E-state index in [1.54, 1.807) is 4.90 Å². The normalized spacial score (nSPS) is 23.8. The fourth-order valence-electron chi connectivity index (χ4n) is 5.46. The zero-order chi connectivity index (χ0) is 23.5. The molecule has 0 bridgehead atoms. The van der Waals surface area contributed by atoms with Crippen molar-refractivity contribution in [1.29, 1.82) is 0 Å². The summed E-state index contributed by atoms with van der Waals surface area (Å²) in [5.74, 6) is -0.430. The molecule has 3 heterocycles. The second-order valence-electron chi connectivity index (χ2n) is 9.36. The molecule has 180 valence electrons. The van der Waals surface area contributed by atoms with E-state index in [0.29, 0.717) is 43.3 Å². The van der Waals surface area contributed by atoms with Gasteiger partial charge >= 0.3 is 11.6 Å². The van der Waals surface area contributed by atoms with Crippen LogP contribution in [0.5, 0.6) is 0 Å². The van der Waals surface area contributed by atoms with Crippen LogP contribution in [0.25, 0.3) is 0 Å². The van der Waals surface area contributed by atoms with Crippen molar-refractivity contribution >= 4 is 23.2 Å². The Morgan fingerprint density at radius 3 is 2.58 bits per heavy atom. The fourth-order valence-corrected chi connectivity index (χ4v) is 6.15. The number of hydrogen-bond acceptors (Lipinski definition) is 7. The van der Waals surface area contributed by atoms with Crippen molar-refractivity contribution in [3.63, 3.8) is 0 Å². The minimum atomic E-state index is -0.468. The number of fused-ring (bicyclic) bond motifs is 1. The predicted molar refractivity (Wildman–Crippen MR) is 126 cm³/mol. The average molecular weight is 476 g/mol. The first kappa shape index (κ1) is 23.7. The van der Waals surface area contributed by atoms with Crippen molar-refractivity contribution in [3.05, 3.63) is 43.9 Å². The average Bonchev–Trinajstić information content (AvgIpc) is 3.34. The third-order valence-electron chi connectivity index (χ3n) is 7.01. The number of carbonyl (C=O) groups excluding carboxylic acids is 2. The molecule has 10 heteroatoms. The van der Waals surface area contributed by atoms with Gasteiger partial charge in [0.15, 0.2) is 0 Å². The van der Waals surface area contributed by atoms with Gasteiger partial charge in [0.1, 0.15) is 5.70 Å². The number of carbonyl (C=O) groups is 2. The standard InChI is InChI=1S/C23H33N5O4S/c1-24(2)10-6-11-27-18-8-4-3-7-17(18)20(21(23(27)30)28(31)32)25-12-14-26(15-13-25)22(29)19-9-5-16-33-19/h5,9,16-18H,3-4,6-8,10-15H2,1-2H3. The second-order valence-corrected chi connectivity index (χ2v) is 10.3. The zero-order valence-corrected chi connectivity index (χ0v) is 20.3. The Balaban J connectivity index is 1.56. The summed E-state index contributed by atoms with van der Waals surface area (Å²) in [6, 6.07) is 3.71. The number of nitrogens with zero attached hydrogens (tertiary/aromatic N) is 5. The van der Waals surface area contributed by atoms with Gasteiger partial charge in [-0.2, -0.15) is 0 Å². The molecule has 0 aromatic carbocycles. The number of rotatable bonds is 7. The van der Waals surface area contributed by atoms with Gasteiger partial charge in [-0.05, 0) is 51.3 Å². The summed E-state index contributed by atoms with van der Waals surface area (Å²) in [6.45, 7) is 3.42. The minimum Gasteiger partial charge on any atom is -0.365 e. The molecular weight excluding hydrogens is 442 g/mol. The molecule has 1 saturated heterocycles. The van der Waals surface area contributed by atoms with Crippen molar-refractivity contribution in [2.24, 2.45) is 5.92 Å². The largest absolute Gasteiger partial charge is 0.365 e. The molecule has 0 spiro atoms. The SMILES string of the molecule is CN(C)CCCN1C(=O)C([N+](=O)[O-])=C(N2CCN(C(=O)c3cccs3)CC2)C2CCCCC21. The molecule has 3 aliphatic rings. The number of nitro groups is 1. The van der Waals surface area contributed by atoms with Crippen LogP contribution in [0.4, 0.5) is 0 Å². The van der Waals surface area contributed by atoms with Crippen LogP contribution in [-0.4, -0.2) is 95.7 Å². The van der Waals surface area contributed by atoms with Crippen molar-refractivity contribution in [2.75, 3.05) is 53.4 Å². The highest BCUT2D eigenvalue weighted by atomic mass is 32.1. The number of piperazine rings is 1. The highest BCUT2D eigenvalue weighted by Crippen LogP contribution is 2.41. The van der Waals surface area contributed by atoms with E-state index in [1.165, 1.54) is 11.3 Å². The monoisotopic (exact) mass is 475 g/mol. The molecular formula is C23H33N5O4S. The molecule has 2 fully saturated rings. The number of amides is 2. The van der Waals surface area contributed by atoms with Gasteiger partial charge in [-0.1, -0.05) is 18.9 Å². The van der Waals surface area contributed by atoms with Crippen LogP contribution in [0.3, 0.4) is 0 Å². The maximum atomic E-state index is 13.4. The molecule has 1 aromatic rings. The summed E-state index contributed by atoms with van der Waals surface area (Å²) in [7, 11) is 3.98. The van der Waals surface area contributed by atoms with E-state index in [-0.39, 0.29) is 23.6 Å². The van der Waals surface area contributed by atoms with Gasteiger partial charge in [0.2, 0.25) is 0 Å². The van der Waals surface area contributed by atoms with Crippen LogP contribution in [0.1, 0.15) is 41.8 Å². The highest BCUT2D eigenvalue weighted by molar-refractivity contribution is 7.12. The molecule has 1 aliphatic carbocycles. The highest BCUT2D eigenvalue weighted by Gasteiger charge is 2.49. The second kappa shape index (κ2) is 10.2. The molecule has 4 rings (SSSR count). The van der Waals surface area contributed by atoms with Crippen molar-refractivity contribution < 1.29 is 14.5 Å². The van der Waals surface area contributed by atoms with Crippen molar-refractivity contribution in [2.45, 2.75) is 38.1 Å². The molecule has 2 aliphatic heterocycles. The van der Waals surface area contributed by atoms with Gasteiger partial charge in [0.25, 0.3) is 5.91 Å². The number of hydrogen-bond donors (Lipinski definition) is 0. The van der Waals surface area contributed by atoms with E-state index in [9.17, 15) is 19.7 Å². The molecule has 33 heavy (non-hydrogen) atoms. The summed E-state index contributed by atoms with van der Waals surface area (Å²) in [6.07, 6.45) is 4.62. The lowest BCUT2D eigenvalue weighted by Gasteiger charge is -2.47. The zero-order valence-electron chi connectivity index (χ0n) is 19.4. The first-order valence-corrected chi connectivity index (χ1v) is 12.7. The van der Waals surface area contributed by atoms with Gasteiger partial charge in [0.05, 0.1) is 9.80 Å². The third-order valence-corrected chi connectivity index (χ3v) is 7.87. The Kier molecular flexibility index (Phi) is 7.33. The van der Waals surface area contributed by atoms with E-state index in [2.05, 4.69) is 4.90 Å². The molecule has 1 saturated carbocycles. The number of thiophene rings is 1. The van der Waals surface area contributed by atoms with Gasteiger partial charge in [0, 0.05) is 44.7 Å². The quantitative estimate of drug-likeness (QED) is 0.444. The Bertz CT molecular complexity index is 908. The van der Waals surface area contributed by atoms with Crippen molar-refractivity contribution in [3.8, 4) is 0 Å². The van der Waals surface area contributed by atoms with Crippen LogP contribution >= 0.6 is 11.3 Å². The summed E-state index contributed by atoms with van der Waals surface area (Å²) in [4.78, 5) is 46.2. The van der Waals surface area contributed by atoms with Crippen LogP contribution in [0.15, 0.2) is 28.9 Å². The maximum Gasteiger partial charge on any atom is 0.352 e. The van der Waals surface area contributed by atoms with Gasteiger partial charge in [-0.15, -0.1) is 11.3 Å². The lowest BCUT2D eigenvalue weighted by Crippen LogP contribution is -2.57. The summed E-state index contributed by atoms with van der Waals surface area (Å²) in [5.41, 5.74) is 0.364. The maximum absolute atomic E-state index is 13.4. The Morgan fingerprint density at radius 1 is 1.21 bits per heavy atom. The lowest BCUT2D eigenvalue weighted by atomic mass is 9.77. The first-order chi connectivity index (χ1) is 15.9. The Morgan fingerprint density at radius 2 is 1.94 bits per heavy atom. The van der Waals surface area contributed by atoms with Gasteiger partial charge in [-0.3, -0.25) is 19.7 Å². The van der Waals surface area contributed by atoms with E-state index in [1.807, 2.05) is 41.4 Å². The molecule has 0 radical (unpaired) electrons. The van der Waals surface area contributed by atoms with E-state index in [0.717, 1.165) is 38.6 Å². The summed E-state index contributed by atoms with van der Waals surface area (Å²) in [5, 5.41) is 14.0. The predicted octanol–water partition coefficient (Wildman–Crippen LogP) is 2.35. The van der Waals surface area contributed by atoms with Gasteiger partial charge in [-0.25, -0.2) is 0 Å². The third kappa shape index (κ3) is 4.91. The molecule has 1 aromatic heterocycles. The van der Waals surface area contributed by atoms with Crippen LogP contribution in [0, 0.1) is 16.0 Å². The first-order valence-electron chi connectivity index (χ1n) is 11.8. The lowest BCUT2D eigenvalue weighted by molar-refractivity contribution is -0.424. The van der Waals surface area contributed by atoms with E-state index >= 15 is 0 Å². The Hall–Kier alpha value is -2.46. The van der Waals surface area contributed by atoms with Crippen LogP contribution < -0.4 is 0 Å². The van der Waals surface area contributed by atoms with Crippen LogP contribution in [0.2, 0.25) is 0 Å². The fraction of sp³-hybridized carbons (Fsp3) is 0.652. The molecule has 2 atom stereocenters. The van der Waals surface area contributed by atoms with Crippen LogP contribution in [-0.2, 0) is 4.79 Å². The summed E-state index contributed by atoms with van der Waals surface area (Å²) >= 11 is 1.42. The Labute approximate surface area is 198 Å². The molecule has 9 nitrogen and oxygen atoms in total. The topological polar surface area (TPSA) is 90.2 Å². The molecule has 2 unspecified atom stereocenters. The van der Waals surface area contributed by atoms with E-state index in [4.69, 9.17) is 0 Å². The smallest absolute Gasteiger partial charge is 0.352 e. The summed E-state index contributed by atoms with van der Waals surface area (Å²) < 4.78 is 0.